The summed E-state index contributed by atoms with van der Waals surface area (Å²) in [5.74, 6) is 1.70. The molecular formula is C35H34BrN5O6. The van der Waals surface area contributed by atoms with Crippen molar-refractivity contribution in [3.05, 3.63) is 128 Å². The lowest BCUT2D eigenvalue weighted by molar-refractivity contribution is -0.129. The van der Waals surface area contributed by atoms with Crippen LogP contribution in [-0.2, 0) is 22.5 Å². The maximum absolute atomic E-state index is 14.6. The molecule has 1 heterocycles. The van der Waals surface area contributed by atoms with Gasteiger partial charge in [0.1, 0.15) is 17.2 Å². The van der Waals surface area contributed by atoms with E-state index in [9.17, 15) is 10.3 Å². The zero-order chi connectivity index (χ0) is 33.2. The van der Waals surface area contributed by atoms with Crippen molar-refractivity contribution < 1.29 is 28.8 Å². The average molecular weight is 701 g/mol. The van der Waals surface area contributed by atoms with Crippen LogP contribution < -0.4 is 19.5 Å². The van der Waals surface area contributed by atoms with E-state index < -0.39 is 11.6 Å². The van der Waals surface area contributed by atoms with Crippen LogP contribution in [0.2, 0.25) is 0 Å². The van der Waals surface area contributed by atoms with Gasteiger partial charge >= 0.3 is 0 Å². The summed E-state index contributed by atoms with van der Waals surface area (Å²) in [6.07, 6.45) is -0.253. The van der Waals surface area contributed by atoms with Crippen LogP contribution in [-0.4, -0.2) is 49.9 Å². The highest BCUT2D eigenvalue weighted by Gasteiger charge is 2.53. The second-order valence-electron chi connectivity index (χ2n) is 10.7. The quantitative estimate of drug-likeness (QED) is 0.0628. The zero-order valence-corrected chi connectivity index (χ0v) is 27.5. The Hall–Kier alpha value is -5.03. The lowest BCUT2D eigenvalue weighted by Gasteiger charge is -2.31. The van der Waals surface area contributed by atoms with E-state index in [1.165, 1.54) is 0 Å². The molecule has 1 aliphatic rings. The summed E-state index contributed by atoms with van der Waals surface area (Å²) < 4.78 is 24.0. The maximum atomic E-state index is 14.6. The van der Waals surface area contributed by atoms with Gasteiger partial charge in [0.15, 0.2) is 11.6 Å². The van der Waals surface area contributed by atoms with Crippen molar-refractivity contribution in [2.24, 2.45) is 10.1 Å². The van der Waals surface area contributed by atoms with Crippen molar-refractivity contribution >= 4 is 33.4 Å². The molecule has 0 radical (unpaired) electrons. The summed E-state index contributed by atoms with van der Waals surface area (Å²) >= 11 is 3.50. The molecular weight excluding hydrogens is 666 g/mol. The number of ether oxygens (including phenoxy) is 4. The van der Waals surface area contributed by atoms with E-state index in [0.29, 0.717) is 47.1 Å². The van der Waals surface area contributed by atoms with Gasteiger partial charge in [0, 0.05) is 52.7 Å². The molecule has 242 valence electrons. The topological polar surface area (TPSA) is 147 Å². The molecule has 1 aliphatic heterocycles. The largest absolute Gasteiger partial charge is 0.497 e. The molecule has 0 bridgehead atoms. The minimum Gasteiger partial charge on any atom is -0.497 e. The number of aliphatic imine (C=N–C) groups is 1. The van der Waals surface area contributed by atoms with Gasteiger partial charge in [0.25, 0.3) is 5.91 Å². The number of hydrogen-bond acceptors (Lipinski definition) is 8. The molecule has 0 saturated carbocycles. The number of nitrogens with one attached hydrogen (secondary N) is 1. The molecule has 0 saturated heterocycles. The molecule has 2 N–H and O–H groups in total. The second-order valence-corrected chi connectivity index (χ2v) is 11.7. The number of hydrogen-bond donors (Lipinski definition) is 2. The van der Waals surface area contributed by atoms with E-state index in [1.807, 2.05) is 60.7 Å². The lowest BCUT2D eigenvalue weighted by atomic mass is 9.81. The third kappa shape index (κ3) is 7.86. The number of aliphatic hydroxyl groups excluding tert-OH is 1. The van der Waals surface area contributed by atoms with Crippen LogP contribution in [0.5, 0.6) is 17.2 Å². The summed E-state index contributed by atoms with van der Waals surface area (Å²) in [6.45, 7) is 0.578. The van der Waals surface area contributed by atoms with Crippen LogP contribution >= 0.6 is 15.9 Å². The molecule has 11 nitrogen and oxygen atoms in total. The van der Waals surface area contributed by atoms with Crippen LogP contribution in [0, 0.1) is 0 Å². The Kier molecular flexibility index (Phi) is 11.0. The summed E-state index contributed by atoms with van der Waals surface area (Å²) in [6, 6.07) is 27.3. The van der Waals surface area contributed by atoms with Crippen LogP contribution in [0.3, 0.4) is 0 Å². The Balaban J connectivity index is 1.59. The fourth-order valence-corrected chi connectivity index (χ4v) is 5.58. The Morgan fingerprint density at radius 2 is 1.72 bits per heavy atom. The van der Waals surface area contributed by atoms with Crippen molar-refractivity contribution in [1.82, 2.24) is 5.32 Å². The second kappa shape index (κ2) is 15.5. The number of rotatable bonds is 14. The molecule has 2 atom stereocenters. The Morgan fingerprint density at radius 3 is 2.38 bits per heavy atom. The minimum atomic E-state index is -1.51. The lowest BCUT2D eigenvalue weighted by Crippen LogP contribution is -2.49. The first-order valence-electron chi connectivity index (χ1n) is 14.9. The van der Waals surface area contributed by atoms with Crippen molar-refractivity contribution in [1.29, 1.82) is 0 Å². The van der Waals surface area contributed by atoms with Crippen LogP contribution in [0.4, 0.5) is 5.69 Å². The van der Waals surface area contributed by atoms with Crippen LogP contribution in [0.15, 0.2) is 106 Å². The number of amides is 1. The molecule has 0 fully saturated rings. The van der Waals surface area contributed by atoms with Gasteiger partial charge in [-0.3, -0.25) is 4.79 Å². The van der Waals surface area contributed by atoms with E-state index in [-0.39, 0.29) is 31.4 Å². The summed E-state index contributed by atoms with van der Waals surface area (Å²) in [5.41, 5.74) is 10.9. The molecule has 1 amide bonds. The van der Waals surface area contributed by atoms with E-state index in [2.05, 4.69) is 31.3 Å². The van der Waals surface area contributed by atoms with E-state index in [0.717, 1.165) is 15.6 Å². The van der Waals surface area contributed by atoms with Gasteiger partial charge in [-0.05, 0) is 70.8 Å². The summed E-state index contributed by atoms with van der Waals surface area (Å²) in [4.78, 5) is 22.7. The number of carbonyl (C=O) groups excluding carboxylic acids is 1. The van der Waals surface area contributed by atoms with Crippen molar-refractivity contribution in [2.45, 2.75) is 31.0 Å². The zero-order valence-electron chi connectivity index (χ0n) is 25.9. The molecule has 4 aromatic carbocycles. The van der Waals surface area contributed by atoms with Gasteiger partial charge in [-0.2, -0.15) is 0 Å². The van der Waals surface area contributed by atoms with Gasteiger partial charge in [-0.15, -0.1) is 0 Å². The number of methoxy groups -OCH3 is 2. The third-order valence-electron chi connectivity index (χ3n) is 7.67. The normalized spacial score (nSPS) is 16.8. The standard InChI is InChI=1S/C35H34BrN5O6/c1-44-29-18-23(19-30(20-29)45-2)22-38-34(43)35(21-26-6-3-4-7-31(26)40-41-37)32(24-8-12-27(36)13-9-24)47-33(39-35)25-10-14-28(15-11-25)46-17-5-16-42/h3-4,6-15,18-20,32,42H,5,16-17,21-22H2,1-2H3,(H,38,43)/t32-,35-/m1/s1. The highest BCUT2D eigenvalue weighted by molar-refractivity contribution is 9.10. The van der Waals surface area contributed by atoms with E-state index in [4.69, 9.17) is 29.0 Å². The highest BCUT2D eigenvalue weighted by Crippen LogP contribution is 2.44. The molecule has 0 unspecified atom stereocenters. The molecule has 0 aromatic heterocycles. The molecule has 0 spiro atoms. The van der Waals surface area contributed by atoms with E-state index >= 15 is 0 Å². The maximum Gasteiger partial charge on any atom is 0.252 e. The van der Waals surface area contributed by atoms with Gasteiger partial charge < -0.3 is 29.4 Å². The predicted molar refractivity (Wildman–Crippen MR) is 181 cm³/mol. The van der Waals surface area contributed by atoms with Crippen molar-refractivity contribution in [2.75, 3.05) is 27.4 Å². The van der Waals surface area contributed by atoms with Gasteiger partial charge in [0.05, 0.1) is 20.8 Å². The van der Waals surface area contributed by atoms with Crippen molar-refractivity contribution in [3.63, 3.8) is 0 Å². The van der Waals surface area contributed by atoms with Crippen LogP contribution in [0.25, 0.3) is 10.4 Å². The predicted octanol–water partition coefficient (Wildman–Crippen LogP) is 6.99. The Bertz CT molecular complexity index is 1750. The fraction of sp³-hybridized carbons (Fsp3) is 0.257. The SMILES string of the molecule is COc1cc(CNC(=O)[C@]2(Cc3ccccc3N=[N+]=[N-])N=C(c3ccc(OCCCO)cc3)O[C@@H]2c2ccc(Br)cc2)cc(OC)c1. The molecule has 0 aliphatic carbocycles. The fourth-order valence-electron chi connectivity index (χ4n) is 5.32. The van der Waals surface area contributed by atoms with E-state index in [1.54, 1.807) is 44.6 Å². The molecule has 12 heteroatoms. The highest BCUT2D eigenvalue weighted by atomic mass is 79.9. The number of aliphatic hydroxyl groups is 1. The third-order valence-corrected chi connectivity index (χ3v) is 8.20. The average Bonchev–Trinajstić information content (AvgIpc) is 3.49. The molecule has 4 aromatic rings. The van der Waals surface area contributed by atoms with Crippen molar-refractivity contribution in [3.8, 4) is 17.2 Å². The Morgan fingerprint density at radius 1 is 1.02 bits per heavy atom. The first kappa shape index (κ1) is 33.3. The smallest absolute Gasteiger partial charge is 0.252 e. The summed E-state index contributed by atoms with van der Waals surface area (Å²) in [5, 5.41) is 16.1. The van der Waals surface area contributed by atoms with Gasteiger partial charge in [-0.25, -0.2) is 4.99 Å². The number of benzene rings is 4. The summed E-state index contributed by atoms with van der Waals surface area (Å²) in [7, 11) is 3.13. The van der Waals surface area contributed by atoms with Crippen LogP contribution in [0.1, 0.15) is 34.8 Å². The number of carbonyl (C=O) groups is 1. The first-order valence-corrected chi connectivity index (χ1v) is 15.7. The number of azide groups is 1. The van der Waals surface area contributed by atoms with Gasteiger partial charge in [-0.1, -0.05) is 57.4 Å². The molecule has 47 heavy (non-hydrogen) atoms. The minimum absolute atomic E-state index is 0.0402. The molecule has 5 rings (SSSR count). The monoisotopic (exact) mass is 699 g/mol. The number of nitrogens with zero attached hydrogens (tertiary/aromatic N) is 4. The Labute approximate surface area is 280 Å². The van der Waals surface area contributed by atoms with Gasteiger partial charge in [0.2, 0.25) is 5.90 Å². The first-order chi connectivity index (χ1) is 22.9. The number of halogens is 1.